The van der Waals surface area contributed by atoms with Crippen molar-refractivity contribution in [3.8, 4) is 11.3 Å². The maximum atomic E-state index is 12.5. The van der Waals surface area contributed by atoms with E-state index in [4.69, 9.17) is 5.73 Å². The number of aryl methyl sites for hydroxylation is 1. The Morgan fingerprint density at radius 1 is 1.06 bits per heavy atom. The third kappa shape index (κ3) is 6.20. The largest absolute Gasteiger partial charge is 0.387 e. The van der Waals surface area contributed by atoms with Crippen LogP contribution in [0.4, 0.5) is 11.5 Å². The fraction of sp³-hybridized carbons (Fsp3) is 0.360. The van der Waals surface area contributed by atoms with E-state index in [1.165, 1.54) is 6.26 Å². The summed E-state index contributed by atoms with van der Waals surface area (Å²) in [6.45, 7) is 9.16. The standard InChI is InChI=1S/C25H31N7O2S/c1-4-31-9-11-32(12-10-31)21-5-6-24(28-17-21)30-23(26)15-19-14-22(35(3,33)34)25(29-16-19)20-7-8-27-18(2)13-20/h5-8,13-14,16-17H,4,9-12,15H2,1-3H3,(H2,26,28,30). The molecule has 1 aliphatic heterocycles. The number of pyridine rings is 3. The highest BCUT2D eigenvalue weighted by Gasteiger charge is 2.18. The van der Waals surface area contributed by atoms with Crippen LogP contribution < -0.4 is 10.6 Å². The smallest absolute Gasteiger partial charge is 0.177 e. The summed E-state index contributed by atoms with van der Waals surface area (Å²) in [5.41, 5.74) is 9.80. The molecule has 0 aromatic carbocycles. The third-order valence-corrected chi connectivity index (χ3v) is 7.15. The number of nitrogens with two attached hydrogens (primary N) is 1. The molecule has 9 nitrogen and oxygen atoms in total. The van der Waals surface area contributed by atoms with E-state index in [1.54, 1.807) is 24.5 Å². The van der Waals surface area contributed by atoms with Crippen LogP contribution in [0.1, 0.15) is 18.2 Å². The number of hydrogen-bond donors (Lipinski definition) is 1. The van der Waals surface area contributed by atoms with Crippen LogP contribution in [-0.2, 0) is 16.3 Å². The number of hydrogen-bond acceptors (Lipinski definition) is 8. The molecule has 35 heavy (non-hydrogen) atoms. The number of aliphatic imine (C=N–C) groups is 1. The van der Waals surface area contributed by atoms with E-state index in [9.17, 15) is 8.42 Å². The Hall–Kier alpha value is -3.37. The lowest BCUT2D eigenvalue weighted by Gasteiger charge is -2.35. The summed E-state index contributed by atoms with van der Waals surface area (Å²) in [7, 11) is -3.52. The summed E-state index contributed by atoms with van der Waals surface area (Å²) in [6, 6.07) is 9.03. The number of amidine groups is 1. The Morgan fingerprint density at radius 3 is 2.46 bits per heavy atom. The molecule has 1 aliphatic rings. The van der Waals surface area contributed by atoms with Crippen molar-refractivity contribution in [2.24, 2.45) is 10.7 Å². The van der Waals surface area contributed by atoms with Gasteiger partial charge in [-0.3, -0.25) is 9.97 Å². The van der Waals surface area contributed by atoms with Gasteiger partial charge >= 0.3 is 0 Å². The quantitative estimate of drug-likeness (QED) is 0.394. The van der Waals surface area contributed by atoms with Crippen LogP contribution in [0.5, 0.6) is 0 Å². The van der Waals surface area contributed by atoms with Crippen molar-refractivity contribution < 1.29 is 8.42 Å². The van der Waals surface area contributed by atoms with E-state index in [2.05, 4.69) is 36.7 Å². The van der Waals surface area contributed by atoms with Gasteiger partial charge in [0.05, 0.1) is 22.5 Å². The van der Waals surface area contributed by atoms with E-state index >= 15 is 0 Å². The zero-order chi connectivity index (χ0) is 25.0. The molecule has 184 valence electrons. The molecular weight excluding hydrogens is 462 g/mol. The molecule has 10 heteroatoms. The number of sulfone groups is 1. The van der Waals surface area contributed by atoms with Gasteiger partial charge in [-0.25, -0.2) is 18.4 Å². The second-order valence-electron chi connectivity index (χ2n) is 8.72. The average molecular weight is 494 g/mol. The molecule has 4 heterocycles. The lowest BCUT2D eigenvalue weighted by atomic mass is 10.1. The highest BCUT2D eigenvalue weighted by atomic mass is 32.2. The maximum Gasteiger partial charge on any atom is 0.177 e. The molecule has 1 saturated heterocycles. The Labute approximate surface area is 206 Å². The lowest BCUT2D eigenvalue weighted by molar-refractivity contribution is 0.271. The van der Waals surface area contributed by atoms with E-state index in [-0.39, 0.29) is 11.3 Å². The Kier molecular flexibility index (Phi) is 7.42. The Bertz CT molecular complexity index is 1320. The highest BCUT2D eigenvalue weighted by molar-refractivity contribution is 7.90. The number of rotatable bonds is 7. The van der Waals surface area contributed by atoms with Gasteiger partial charge in [0, 0.05) is 62.5 Å². The molecule has 4 rings (SSSR count). The minimum atomic E-state index is -3.52. The van der Waals surface area contributed by atoms with E-state index in [0.29, 0.717) is 28.5 Å². The van der Waals surface area contributed by atoms with Crippen LogP contribution in [0, 0.1) is 6.92 Å². The molecule has 0 amide bonds. The molecule has 0 radical (unpaired) electrons. The SMILES string of the molecule is CCN1CCN(c2ccc(N=C(N)Cc3cnc(-c4ccnc(C)c4)c(S(C)(=O)=O)c3)nc2)CC1. The molecule has 3 aromatic rings. The molecule has 2 N–H and O–H groups in total. The first-order chi connectivity index (χ1) is 16.7. The summed E-state index contributed by atoms with van der Waals surface area (Å²) >= 11 is 0. The summed E-state index contributed by atoms with van der Waals surface area (Å²) in [5.74, 6) is 0.842. The van der Waals surface area contributed by atoms with Crippen molar-refractivity contribution in [3.63, 3.8) is 0 Å². The van der Waals surface area contributed by atoms with Crippen LogP contribution in [0.25, 0.3) is 11.3 Å². The first-order valence-electron chi connectivity index (χ1n) is 11.6. The fourth-order valence-corrected chi connectivity index (χ4v) is 5.01. The Balaban J connectivity index is 1.50. The second kappa shape index (κ2) is 10.5. The van der Waals surface area contributed by atoms with E-state index in [1.807, 2.05) is 31.3 Å². The highest BCUT2D eigenvalue weighted by Crippen LogP contribution is 2.26. The second-order valence-corrected chi connectivity index (χ2v) is 10.7. The Morgan fingerprint density at radius 2 is 1.83 bits per heavy atom. The molecule has 3 aromatic heterocycles. The van der Waals surface area contributed by atoms with Crippen LogP contribution in [0.2, 0.25) is 0 Å². The van der Waals surface area contributed by atoms with Crippen molar-refractivity contribution in [3.05, 3.63) is 60.2 Å². The molecule has 0 bridgehead atoms. The first kappa shape index (κ1) is 24.7. The van der Waals surface area contributed by atoms with Gasteiger partial charge < -0.3 is 15.5 Å². The minimum absolute atomic E-state index is 0.152. The molecule has 0 atom stereocenters. The van der Waals surface area contributed by atoms with Crippen molar-refractivity contribution in [2.45, 2.75) is 25.2 Å². The third-order valence-electron chi connectivity index (χ3n) is 6.04. The molecule has 0 spiro atoms. The van der Waals surface area contributed by atoms with Gasteiger partial charge in [0.2, 0.25) is 0 Å². The van der Waals surface area contributed by atoms with Crippen LogP contribution in [-0.4, -0.2) is 73.1 Å². The van der Waals surface area contributed by atoms with Crippen molar-refractivity contribution in [2.75, 3.05) is 43.9 Å². The summed E-state index contributed by atoms with van der Waals surface area (Å²) in [6.07, 6.45) is 6.53. The normalized spacial score (nSPS) is 15.4. The topological polar surface area (TPSA) is 118 Å². The summed E-state index contributed by atoms with van der Waals surface area (Å²) in [5, 5.41) is 0. The number of nitrogens with zero attached hydrogens (tertiary/aromatic N) is 6. The minimum Gasteiger partial charge on any atom is -0.387 e. The average Bonchev–Trinajstić information content (AvgIpc) is 2.84. The zero-order valence-electron chi connectivity index (χ0n) is 20.3. The first-order valence-corrected chi connectivity index (χ1v) is 13.5. The number of likely N-dealkylation sites (N-methyl/N-ethyl adjacent to an activating group) is 1. The van der Waals surface area contributed by atoms with Gasteiger partial charge in [-0.2, -0.15) is 0 Å². The van der Waals surface area contributed by atoms with Crippen LogP contribution in [0.3, 0.4) is 0 Å². The predicted molar refractivity (Wildman–Crippen MR) is 139 cm³/mol. The lowest BCUT2D eigenvalue weighted by Crippen LogP contribution is -2.46. The zero-order valence-corrected chi connectivity index (χ0v) is 21.2. The van der Waals surface area contributed by atoms with Gasteiger partial charge in [0.15, 0.2) is 15.7 Å². The molecule has 0 unspecified atom stereocenters. The maximum absolute atomic E-state index is 12.5. The van der Waals surface area contributed by atoms with E-state index in [0.717, 1.165) is 44.1 Å². The number of piperazine rings is 1. The molecule has 0 saturated carbocycles. The number of aromatic nitrogens is 3. The van der Waals surface area contributed by atoms with Crippen molar-refractivity contribution >= 4 is 27.2 Å². The monoisotopic (exact) mass is 493 g/mol. The van der Waals surface area contributed by atoms with Gasteiger partial charge in [0.1, 0.15) is 5.84 Å². The summed E-state index contributed by atoms with van der Waals surface area (Å²) < 4.78 is 25.0. The van der Waals surface area contributed by atoms with Crippen molar-refractivity contribution in [1.82, 2.24) is 19.9 Å². The van der Waals surface area contributed by atoms with Crippen LogP contribution >= 0.6 is 0 Å². The van der Waals surface area contributed by atoms with Crippen LogP contribution in [0.15, 0.2) is 58.8 Å². The molecule has 1 fully saturated rings. The molecule has 0 aliphatic carbocycles. The van der Waals surface area contributed by atoms with Gasteiger partial charge in [-0.15, -0.1) is 0 Å². The molecular formula is C25H31N7O2S. The fourth-order valence-electron chi connectivity index (χ4n) is 4.12. The van der Waals surface area contributed by atoms with Gasteiger partial charge in [0.25, 0.3) is 0 Å². The number of anilines is 1. The van der Waals surface area contributed by atoms with Gasteiger partial charge in [-0.05, 0) is 49.4 Å². The predicted octanol–water partition coefficient (Wildman–Crippen LogP) is 2.62. The van der Waals surface area contributed by atoms with Crippen molar-refractivity contribution in [1.29, 1.82) is 0 Å². The van der Waals surface area contributed by atoms with Gasteiger partial charge in [-0.1, -0.05) is 6.92 Å². The summed E-state index contributed by atoms with van der Waals surface area (Å²) in [4.78, 5) is 22.4. The van der Waals surface area contributed by atoms with E-state index < -0.39 is 9.84 Å².